The van der Waals surface area contributed by atoms with Gasteiger partial charge in [-0.3, -0.25) is 0 Å². The highest BCUT2D eigenvalue weighted by atomic mass is 16.5. The van der Waals surface area contributed by atoms with Gasteiger partial charge in [0.15, 0.2) is 11.5 Å². The van der Waals surface area contributed by atoms with Crippen molar-refractivity contribution >= 4 is 0 Å². The summed E-state index contributed by atoms with van der Waals surface area (Å²) < 4.78 is 11.3. The van der Waals surface area contributed by atoms with Gasteiger partial charge in [-0.25, -0.2) is 0 Å². The normalized spacial score (nSPS) is 10.9. The van der Waals surface area contributed by atoms with Crippen LogP contribution in [0, 0.1) is 16.7 Å². The van der Waals surface area contributed by atoms with Gasteiger partial charge in [0.05, 0.1) is 31.3 Å². The second-order valence-electron chi connectivity index (χ2n) is 5.28. The molecule has 4 nitrogen and oxygen atoms in total. The van der Waals surface area contributed by atoms with E-state index in [9.17, 15) is 5.11 Å². The first-order valence-electron chi connectivity index (χ1n) is 6.93. The Balaban J connectivity index is 2.65. The summed E-state index contributed by atoms with van der Waals surface area (Å²) in [5, 5.41) is 18.3. The van der Waals surface area contributed by atoms with E-state index in [1.165, 1.54) is 0 Å². The van der Waals surface area contributed by atoms with Crippen molar-refractivity contribution in [2.75, 3.05) is 13.2 Å². The largest absolute Gasteiger partial charge is 0.490 e. The van der Waals surface area contributed by atoms with E-state index in [1.807, 2.05) is 39.0 Å². The van der Waals surface area contributed by atoms with Crippen LogP contribution in [0.5, 0.6) is 11.5 Å². The Bertz CT molecular complexity index is 463. The molecule has 0 aliphatic heterocycles. The van der Waals surface area contributed by atoms with Gasteiger partial charge in [-0.05, 0) is 39.7 Å². The fourth-order valence-electron chi connectivity index (χ4n) is 1.86. The first-order valence-corrected chi connectivity index (χ1v) is 6.93. The van der Waals surface area contributed by atoms with Gasteiger partial charge < -0.3 is 14.6 Å². The maximum Gasteiger partial charge on any atom is 0.166 e. The average Bonchev–Trinajstić information content (AvgIpc) is 2.45. The number of hydrogen-bond acceptors (Lipinski definition) is 4. The molecule has 0 aromatic heterocycles. The molecular formula is C16H23NO3. The third-order valence-corrected chi connectivity index (χ3v) is 3.03. The van der Waals surface area contributed by atoms with Crippen LogP contribution < -0.4 is 9.47 Å². The summed E-state index contributed by atoms with van der Waals surface area (Å²) in [7, 11) is 0. The minimum atomic E-state index is -0.331. The van der Waals surface area contributed by atoms with E-state index in [0.29, 0.717) is 24.7 Å². The predicted octanol–water partition coefficient (Wildman–Crippen LogP) is 3.29. The van der Waals surface area contributed by atoms with Crippen LogP contribution >= 0.6 is 0 Å². The molecule has 0 radical (unpaired) electrons. The Kier molecular flexibility index (Phi) is 6.33. The molecule has 0 spiro atoms. The lowest BCUT2D eigenvalue weighted by Crippen LogP contribution is -2.11. The van der Waals surface area contributed by atoms with Crippen LogP contribution in [0.4, 0.5) is 0 Å². The molecule has 0 atom stereocenters. The zero-order valence-corrected chi connectivity index (χ0v) is 12.5. The lowest BCUT2D eigenvalue weighted by atomic mass is 9.90. The lowest BCUT2D eigenvalue weighted by molar-refractivity contribution is 0.239. The van der Waals surface area contributed by atoms with E-state index in [1.54, 1.807) is 0 Å². The highest BCUT2D eigenvalue weighted by Gasteiger charge is 2.16. The molecule has 0 amide bonds. The molecule has 0 unspecified atom stereocenters. The van der Waals surface area contributed by atoms with Crippen molar-refractivity contribution in [2.24, 2.45) is 5.41 Å². The zero-order valence-electron chi connectivity index (χ0n) is 12.5. The fraction of sp³-hybridized carbons (Fsp3) is 0.562. The molecule has 1 aromatic carbocycles. The summed E-state index contributed by atoms with van der Waals surface area (Å²) in [5.74, 6) is 1.25. The SMILES string of the molecule is CCOc1cccc(CO)c1OCCCC(C)(C)C#N. The Morgan fingerprint density at radius 2 is 2.05 bits per heavy atom. The van der Waals surface area contributed by atoms with Crippen LogP contribution in [0.25, 0.3) is 0 Å². The number of benzene rings is 1. The topological polar surface area (TPSA) is 62.5 Å². The summed E-state index contributed by atoms with van der Waals surface area (Å²) >= 11 is 0. The second-order valence-corrected chi connectivity index (χ2v) is 5.28. The molecule has 0 bridgehead atoms. The number of ether oxygens (including phenoxy) is 2. The summed E-state index contributed by atoms with van der Waals surface area (Å²) in [6, 6.07) is 7.76. The number of rotatable bonds is 8. The molecular weight excluding hydrogens is 254 g/mol. The second kappa shape index (κ2) is 7.76. The molecule has 0 aliphatic rings. The molecule has 20 heavy (non-hydrogen) atoms. The van der Waals surface area contributed by atoms with Gasteiger partial charge in [0, 0.05) is 5.56 Å². The molecule has 0 saturated carbocycles. The highest BCUT2D eigenvalue weighted by molar-refractivity contribution is 5.46. The molecule has 110 valence electrons. The number of nitrogens with zero attached hydrogens (tertiary/aromatic N) is 1. The predicted molar refractivity (Wildman–Crippen MR) is 77.7 cm³/mol. The van der Waals surface area contributed by atoms with Gasteiger partial charge in [-0.2, -0.15) is 5.26 Å². The third kappa shape index (κ3) is 4.75. The number of aliphatic hydroxyl groups is 1. The quantitative estimate of drug-likeness (QED) is 0.741. The zero-order chi connectivity index (χ0) is 15.0. The molecule has 0 fully saturated rings. The monoisotopic (exact) mass is 277 g/mol. The molecule has 1 N–H and O–H groups in total. The smallest absolute Gasteiger partial charge is 0.166 e. The summed E-state index contributed by atoms with van der Waals surface area (Å²) in [4.78, 5) is 0. The fourth-order valence-corrected chi connectivity index (χ4v) is 1.86. The first-order chi connectivity index (χ1) is 9.54. The van der Waals surface area contributed by atoms with Crippen molar-refractivity contribution in [3.05, 3.63) is 23.8 Å². The van der Waals surface area contributed by atoms with E-state index >= 15 is 0 Å². The van der Waals surface area contributed by atoms with E-state index < -0.39 is 0 Å². The maximum atomic E-state index is 9.36. The molecule has 4 heteroatoms. The minimum absolute atomic E-state index is 0.0834. The van der Waals surface area contributed by atoms with Crippen LogP contribution in [0.2, 0.25) is 0 Å². The standard InChI is InChI=1S/C16H23NO3/c1-4-19-14-8-5-7-13(11-18)15(14)20-10-6-9-16(2,3)12-17/h5,7-8,18H,4,6,9-11H2,1-3H3. The van der Waals surface area contributed by atoms with Gasteiger partial charge in [-0.15, -0.1) is 0 Å². The molecule has 0 aliphatic carbocycles. The highest BCUT2D eigenvalue weighted by Crippen LogP contribution is 2.32. The molecule has 1 rings (SSSR count). The summed E-state index contributed by atoms with van der Waals surface area (Å²) in [5.41, 5.74) is 0.387. The van der Waals surface area contributed by atoms with E-state index in [-0.39, 0.29) is 12.0 Å². The summed E-state index contributed by atoms with van der Waals surface area (Å²) in [6.45, 7) is 6.71. The van der Waals surface area contributed by atoms with E-state index in [0.717, 1.165) is 18.4 Å². The number of hydrogen-bond donors (Lipinski definition) is 1. The van der Waals surface area contributed by atoms with Gasteiger partial charge in [0.2, 0.25) is 0 Å². The number of aliphatic hydroxyl groups excluding tert-OH is 1. The molecule has 0 saturated heterocycles. The number of para-hydroxylation sites is 1. The van der Waals surface area contributed by atoms with Crippen molar-refractivity contribution in [1.82, 2.24) is 0 Å². The van der Waals surface area contributed by atoms with E-state index in [4.69, 9.17) is 14.7 Å². The van der Waals surface area contributed by atoms with Crippen LogP contribution in [-0.2, 0) is 6.61 Å². The van der Waals surface area contributed by atoms with Crippen LogP contribution in [0.15, 0.2) is 18.2 Å². The van der Waals surface area contributed by atoms with Crippen LogP contribution in [0.1, 0.15) is 39.2 Å². The van der Waals surface area contributed by atoms with Crippen molar-refractivity contribution in [2.45, 2.75) is 40.2 Å². The van der Waals surface area contributed by atoms with Crippen molar-refractivity contribution < 1.29 is 14.6 Å². The van der Waals surface area contributed by atoms with Gasteiger partial charge >= 0.3 is 0 Å². The van der Waals surface area contributed by atoms with Crippen molar-refractivity contribution in [3.8, 4) is 17.6 Å². The van der Waals surface area contributed by atoms with Crippen LogP contribution in [-0.4, -0.2) is 18.3 Å². The Hall–Kier alpha value is -1.73. The Labute approximate surface area is 120 Å². The van der Waals surface area contributed by atoms with Crippen molar-refractivity contribution in [1.29, 1.82) is 5.26 Å². The molecule has 1 aromatic rings. The summed E-state index contributed by atoms with van der Waals surface area (Å²) in [6.07, 6.45) is 1.56. The third-order valence-electron chi connectivity index (χ3n) is 3.03. The van der Waals surface area contributed by atoms with Gasteiger partial charge in [0.25, 0.3) is 0 Å². The van der Waals surface area contributed by atoms with Crippen LogP contribution in [0.3, 0.4) is 0 Å². The van der Waals surface area contributed by atoms with Crippen molar-refractivity contribution in [3.63, 3.8) is 0 Å². The molecule has 0 heterocycles. The lowest BCUT2D eigenvalue weighted by Gasteiger charge is -2.17. The maximum absolute atomic E-state index is 9.36. The van der Waals surface area contributed by atoms with Gasteiger partial charge in [0.1, 0.15) is 0 Å². The van der Waals surface area contributed by atoms with E-state index in [2.05, 4.69) is 6.07 Å². The first kappa shape index (κ1) is 16.3. The Morgan fingerprint density at radius 3 is 2.65 bits per heavy atom. The van der Waals surface area contributed by atoms with Gasteiger partial charge in [-0.1, -0.05) is 12.1 Å². The average molecular weight is 277 g/mol. The minimum Gasteiger partial charge on any atom is -0.490 e. The Morgan fingerprint density at radius 1 is 1.30 bits per heavy atom. The number of nitriles is 1.